The van der Waals surface area contributed by atoms with Crippen LogP contribution in [0, 0.1) is 11.8 Å². The Balaban J connectivity index is 1.59. The van der Waals surface area contributed by atoms with Crippen LogP contribution in [0.25, 0.3) is 0 Å². The smallest absolute Gasteiger partial charge is 0.247 e. The van der Waals surface area contributed by atoms with Crippen molar-refractivity contribution in [2.75, 3.05) is 31.2 Å². The predicted octanol–water partition coefficient (Wildman–Crippen LogP) is 4.85. The molecule has 8 nitrogen and oxygen atoms in total. The van der Waals surface area contributed by atoms with Crippen LogP contribution in [-0.2, 0) is 14.4 Å². The molecule has 0 saturated carbocycles. The number of aliphatic hydroxyl groups excluding tert-OH is 1. The van der Waals surface area contributed by atoms with Crippen LogP contribution in [0.3, 0.4) is 0 Å². The highest BCUT2D eigenvalue weighted by Gasteiger charge is 2.74. The number of rotatable bonds is 13. The second-order valence-electron chi connectivity index (χ2n) is 11.9. The fourth-order valence-electron chi connectivity index (χ4n) is 7.39. The lowest BCUT2D eigenvalue weighted by Crippen LogP contribution is -2.57. The fraction of sp³-hybridized carbons (Fsp3) is 0.457. The minimum atomic E-state index is -0.828. The maximum absolute atomic E-state index is 14.8. The molecule has 2 bridgehead atoms. The van der Waals surface area contributed by atoms with Crippen molar-refractivity contribution in [3.63, 3.8) is 0 Å². The minimum Gasteiger partial charge on any atom is -0.494 e. The molecule has 3 amide bonds. The van der Waals surface area contributed by atoms with Gasteiger partial charge in [-0.15, -0.1) is 24.9 Å². The van der Waals surface area contributed by atoms with Crippen LogP contribution >= 0.6 is 11.8 Å². The Morgan fingerprint density at radius 1 is 1.09 bits per heavy atom. The predicted molar refractivity (Wildman–Crippen MR) is 174 cm³/mol. The first-order chi connectivity index (χ1) is 21.2. The van der Waals surface area contributed by atoms with Gasteiger partial charge in [-0.05, 0) is 63.4 Å². The Hall–Kier alpha value is -3.56. The number of ether oxygens (including phenoxy) is 1. The van der Waals surface area contributed by atoms with Gasteiger partial charge in [-0.2, -0.15) is 0 Å². The lowest BCUT2D eigenvalue weighted by Gasteiger charge is -2.40. The van der Waals surface area contributed by atoms with Gasteiger partial charge in [-0.1, -0.05) is 42.5 Å². The van der Waals surface area contributed by atoms with E-state index < -0.39 is 28.7 Å². The van der Waals surface area contributed by atoms with E-state index in [-0.39, 0.29) is 42.2 Å². The summed E-state index contributed by atoms with van der Waals surface area (Å²) in [4.78, 5) is 49.0. The summed E-state index contributed by atoms with van der Waals surface area (Å²) >= 11 is 1.63. The first-order valence-electron chi connectivity index (χ1n) is 15.5. The molecule has 1 spiro atoms. The number of aliphatic hydroxyl groups is 1. The molecule has 3 aliphatic rings. The molecule has 3 fully saturated rings. The maximum atomic E-state index is 14.8. The average molecular weight is 618 g/mol. The summed E-state index contributed by atoms with van der Waals surface area (Å²) in [7, 11) is 0. The number of benzene rings is 2. The third-order valence-corrected chi connectivity index (χ3v) is 11.2. The highest BCUT2D eigenvalue weighted by molar-refractivity contribution is 8.02. The number of fused-ring (bicyclic) bond motifs is 1. The first-order valence-corrected chi connectivity index (χ1v) is 16.3. The number of likely N-dealkylation sites (tertiary alicyclic amines) is 1. The van der Waals surface area contributed by atoms with Crippen molar-refractivity contribution >= 4 is 35.2 Å². The summed E-state index contributed by atoms with van der Waals surface area (Å²) in [5, 5.41) is 10.6. The highest BCUT2D eigenvalue weighted by atomic mass is 32.2. The molecule has 0 radical (unpaired) electrons. The minimum absolute atomic E-state index is 0.0971. The second-order valence-corrected chi connectivity index (χ2v) is 13.5. The van der Waals surface area contributed by atoms with Crippen molar-refractivity contribution in [1.82, 2.24) is 9.80 Å². The number of carbonyl (C=O) groups excluding carboxylic acids is 3. The van der Waals surface area contributed by atoms with Crippen LogP contribution in [0.1, 0.15) is 45.2 Å². The Labute approximate surface area is 264 Å². The van der Waals surface area contributed by atoms with Crippen LogP contribution in [0.4, 0.5) is 5.69 Å². The molecule has 0 aliphatic carbocycles. The molecule has 9 heteroatoms. The van der Waals surface area contributed by atoms with Gasteiger partial charge in [0.05, 0.1) is 35.8 Å². The number of hydrogen-bond acceptors (Lipinski definition) is 6. The van der Waals surface area contributed by atoms with Crippen LogP contribution < -0.4 is 9.64 Å². The molecule has 5 rings (SSSR count). The molecule has 1 N–H and O–H groups in total. The molecule has 2 unspecified atom stereocenters. The zero-order chi connectivity index (χ0) is 31.6. The van der Waals surface area contributed by atoms with E-state index in [1.165, 1.54) is 0 Å². The molecule has 44 heavy (non-hydrogen) atoms. The van der Waals surface area contributed by atoms with Crippen LogP contribution in [0.2, 0.25) is 0 Å². The number of amides is 3. The van der Waals surface area contributed by atoms with E-state index in [0.29, 0.717) is 31.0 Å². The third kappa shape index (κ3) is 5.34. The SMILES string of the molecule is C=CCN(C(=O)[C@@H]1[C@@H]2CCC3(S2)C(C(=O)N(CC=C)C(C)C)N([C@H](CO)c2ccccc2)C(=O)[C@H]13)c1ccc(OCC)cc1. The summed E-state index contributed by atoms with van der Waals surface area (Å²) in [5.41, 5.74) is 1.45. The molecule has 3 aliphatic heterocycles. The maximum Gasteiger partial charge on any atom is 0.247 e. The van der Waals surface area contributed by atoms with E-state index in [9.17, 15) is 19.5 Å². The Morgan fingerprint density at radius 2 is 1.77 bits per heavy atom. The van der Waals surface area contributed by atoms with E-state index in [1.807, 2.05) is 75.4 Å². The summed E-state index contributed by atoms with van der Waals surface area (Å²) in [6.45, 7) is 14.4. The number of thioether (sulfide) groups is 1. The van der Waals surface area contributed by atoms with Crippen molar-refractivity contribution in [2.24, 2.45) is 11.8 Å². The van der Waals surface area contributed by atoms with Crippen molar-refractivity contribution in [3.8, 4) is 5.75 Å². The summed E-state index contributed by atoms with van der Waals surface area (Å²) in [5.74, 6) is -1.16. The van der Waals surface area contributed by atoms with Gasteiger partial charge in [0.2, 0.25) is 17.7 Å². The van der Waals surface area contributed by atoms with Gasteiger partial charge in [-0.25, -0.2) is 0 Å². The molecule has 234 valence electrons. The molecular formula is C35H43N3O5S. The van der Waals surface area contributed by atoms with Crippen LogP contribution in [0.15, 0.2) is 79.9 Å². The zero-order valence-electron chi connectivity index (χ0n) is 25.8. The average Bonchev–Trinajstić information content (AvgIpc) is 3.67. The second kappa shape index (κ2) is 13.2. The topological polar surface area (TPSA) is 90.4 Å². The van der Waals surface area contributed by atoms with E-state index in [4.69, 9.17) is 4.74 Å². The van der Waals surface area contributed by atoms with Gasteiger partial charge >= 0.3 is 0 Å². The third-order valence-electron chi connectivity index (χ3n) is 9.22. The van der Waals surface area contributed by atoms with Gasteiger partial charge in [-0.3, -0.25) is 14.4 Å². The molecule has 3 heterocycles. The van der Waals surface area contributed by atoms with Crippen molar-refractivity contribution < 1.29 is 24.2 Å². The van der Waals surface area contributed by atoms with Crippen LogP contribution in [-0.4, -0.2) is 81.0 Å². The zero-order valence-corrected chi connectivity index (χ0v) is 26.6. The first kappa shape index (κ1) is 31.9. The summed E-state index contributed by atoms with van der Waals surface area (Å²) in [6, 6.07) is 15.1. The normalized spacial score (nSPS) is 25.9. The van der Waals surface area contributed by atoms with Crippen molar-refractivity contribution in [3.05, 3.63) is 85.5 Å². The van der Waals surface area contributed by atoms with E-state index in [2.05, 4.69) is 13.2 Å². The molecule has 2 aromatic carbocycles. The van der Waals surface area contributed by atoms with E-state index >= 15 is 0 Å². The molecular weight excluding hydrogens is 574 g/mol. The van der Waals surface area contributed by atoms with Gasteiger partial charge in [0.25, 0.3) is 0 Å². The van der Waals surface area contributed by atoms with E-state index in [1.54, 1.807) is 38.6 Å². The Morgan fingerprint density at radius 3 is 2.36 bits per heavy atom. The number of carbonyl (C=O) groups is 3. The lowest BCUT2D eigenvalue weighted by atomic mass is 9.70. The van der Waals surface area contributed by atoms with Gasteiger partial charge in [0, 0.05) is 30.1 Å². The Bertz CT molecular complexity index is 1380. The van der Waals surface area contributed by atoms with Gasteiger partial charge in [0.1, 0.15) is 11.8 Å². The molecule has 6 atom stereocenters. The number of hydrogen-bond donors (Lipinski definition) is 1. The van der Waals surface area contributed by atoms with E-state index in [0.717, 1.165) is 12.0 Å². The fourth-order valence-corrected chi connectivity index (χ4v) is 9.58. The largest absolute Gasteiger partial charge is 0.494 e. The summed E-state index contributed by atoms with van der Waals surface area (Å²) in [6.07, 6.45) is 4.76. The van der Waals surface area contributed by atoms with Gasteiger partial charge in [0.15, 0.2) is 0 Å². The molecule has 0 aromatic heterocycles. The van der Waals surface area contributed by atoms with Crippen molar-refractivity contribution in [2.45, 2.75) is 61.7 Å². The molecule has 2 aromatic rings. The number of nitrogens with zero attached hydrogens (tertiary/aromatic N) is 3. The van der Waals surface area contributed by atoms with Crippen molar-refractivity contribution in [1.29, 1.82) is 0 Å². The lowest BCUT2D eigenvalue weighted by molar-refractivity contribution is -0.146. The van der Waals surface area contributed by atoms with Crippen LogP contribution in [0.5, 0.6) is 5.75 Å². The Kier molecular flexibility index (Phi) is 9.56. The van der Waals surface area contributed by atoms with Gasteiger partial charge < -0.3 is 24.5 Å². The molecule has 3 saturated heterocycles. The summed E-state index contributed by atoms with van der Waals surface area (Å²) < 4.78 is 4.82. The monoisotopic (exact) mass is 617 g/mol. The number of anilines is 1. The quantitative estimate of drug-likeness (QED) is 0.323. The highest BCUT2D eigenvalue weighted by Crippen LogP contribution is 2.67. The standard InChI is InChI=1S/C35H43N3O5S/c1-6-20-36(23(4)5)34(42)31-35-19-18-28(44-35)29(30(35)33(41)38(31)27(22-39)24-12-10-9-11-13-24)32(40)37(21-7-2)25-14-16-26(17-15-25)43-8-3/h6-7,9-17,23,27-31,39H,1-2,8,18-22H2,3-5H3/t27-,28+,29-,30+,31?,35?/m1/s1.